The maximum atomic E-state index is 13.6. The molecule has 0 aromatic heterocycles. The highest BCUT2D eigenvalue weighted by atomic mass is 79.9. The van der Waals surface area contributed by atoms with Crippen LogP contribution in [0.25, 0.3) is 0 Å². The third-order valence-corrected chi connectivity index (χ3v) is 2.95. The zero-order valence-electron chi connectivity index (χ0n) is 9.96. The first-order valence-corrected chi connectivity index (χ1v) is 6.14. The number of nitrogens with one attached hydrogen (secondary N) is 1. The Labute approximate surface area is 109 Å². The fourth-order valence-electron chi connectivity index (χ4n) is 1.51. The summed E-state index contributed by atoms with van der Waals surface area (Å²) in [6.07, 6.45) is 0. The number of rotatable bonds is 6. The lowest BCUT2D eigenvalue weighted by atomic mass is 9.95. The predicted octanol–water partition coefficient (Wildman–Crippen LogP) is 2.03. The van der Waals surface area contributed by atoms with Crippen molar-refractivity contribution in [3.63, 3.8) is 0 Å². The Balaban J connectivity index is 2.71. The van der Waals surface area contributed by atoms with E-state index < -0.39 is 11.4 Å². The molecule has 0 fully saturated rings. The minimum absolute atomic E-state index is 0.268. The van der Waals surface area contributed by atoms with E-state index in [0.29, 0.717) is 13.2 Å². The lowest BCUT2D eigenvalue weighted by Crippen LogP contribution is -2.37. The molecular formula is C12H17BrFNO2. The first-order chi connectivity index (χ1) is 7.97. The maximum absolute atomic E-state index is 13.6. The lowest BCUT2D eigenvalue weighted by molar-refractivity contribution is 0.0513. The van der Waals surface area contributed by atoms with Gasteiger partial charge in [0, 0.05) is 30.2 Å². The van der Waals surface area contributed by atoms with Gasteiger partial charge in [-0.1, -0.05) is 15.9 Å². The van der Waals surface area contributed by atoms with Crippen molar-refractivity contribution in [1.29, 1.82) is 0 Å². The molecule has 3 nitrogen and oxygen atoms in total. The molecule has 0 saturated heterocycles. The third kappa shape index (κ3) is 4.35. The molecule has 1 unspecified atom stereocenters. The van der Waals surface area contributed by atoms with Crippen LogP contribution in [0.2, 0.25) is 0 Å². The van der Waals surface area contributed by atoms with Crippen LogP contribution in [0.4, 0.5) is 4.39 Å². The first-order valence-electron chi connectivity index (χ1n) is 5.35. The smallest absolute Gasteiger partial charge is 0.129 e. The molecule has 96 valence electrons. The number of methoxy groups -OCH3 is 1. The Kier molecular flexibility index (Phi) is 5.52. The number of hydrogen-bond acceptors (Lipinski definition) is 3. The van der Waals surface area contributed by atoms with Crippen LogP contribution in [0.1, 0.15) is 12.5 Å². The Hall–Kier alpha value is -0.490. The van der Waals surface area contributed by atoms with E-state index >= 15 is 0 Å². The molecule has 0 aliphatic heterocycles. The van der Waals surface area contributed by atoms with Crippen LogP contribution in [-0.4, -0.2) is 31.9 Å². The summed E-state index contributed by atoms with van der Waals surface area (Å²) in [5.74, 6) is -0.410. The fraction of sp³-hybridized carbons (Fsp3) is 0.500. The van der Waals surface area contributed by atoms with Gasteiger partial charge in [-0.3, -0.25) is 0 Å². The number of benzene rings is 1. The summed E-state index contributed by atoms with van der Waals surface area (Å²) in [5, 5.41) is 13.2. The van der Waals surface area contributed by atoms with Gasteiger partial charge in [-0.15, -0.1) is 0 Å². The lowest BCUT2D eigenvalue weighted by Gasteiger charge is -2.25. The minimum atomic E-state index is -1.25. The first kappa shape index (κ1) is 14.6. The number of ether oxygens (including phenoxy) is 1. The highest BCUT2D eigenvalue weighted by Gasteiger charge is 2.26. The van der Waals surface area contributed by atoms with Crippen LogP contribution in [0.15, 0.2) is 22.7 Å². The molecular weight excluding hydrogens is 289 g/mol. The second-order valence-electron chi connectivity index (χ2n) is 4.07. The van der Waals surface area contributed by atoms with E-state index in [1.54, 1.807) is 26.2 Å². The van der Waals surface area contributed by atoms with Crippen LogP contribution in [0, 0.1) is 5.82 Å². The number of hydrogen-bond donors (Lipinski definition) is 2. The van der Waals surface area contributed by atoms with E-state index in [0.717, 1.165) is 4.47 Å². The highest BCUT2D eigenvalue weighted by molar-refractivity contribution is 9.10. The van der Waals surface area contributed by atoms with Crippen molar-refractivity contribution in [2.45, 2.75) is 12.5 Å². The van der Waals surface area contributed by atoms with Crippen molar-refractivity contribution in [2.24, 2.45) is 0 Å². The van der Waals surface area contributed by atoms with E-state index in [1.807, 2.05) is 0 Å². The van der Waals surface area contributed by atoms with Gasteiger partial charge in [0.2, 0.25) is 0 Å². The van der Waals surface area contributed by atoms with Crippen LogP contribution < -0.4 is 5.32 Å². The van der Waals surface area contributed by atoms with Gasteiger partial charge < -0.3 is 15.2 Å². The Bertz CT molecular complexity index is 372. The molecule has 0 saturated carbocycles. The zero-order valence-corrected chi connectivity index (χ0v) is 11.6. The van der Waals surface area contributed by atoms with E-state index in [-0.39, 0.29) is 12.1 Å². The van der Waals surface area contributed by atoms with E-state index in [1.165, 1.54) is 6.07 Å². The molecule has 1 aromatic rings. The van der Waals surface area contributed by atoms with Gasteiger partial charge >= 0.3 is 0 Å². The Morgan fingerprint density at radius 1 is 1.53 bits per heavy atom. The molecule has 0 heterocycles. The van der Waals surface area contributed by atoms with Crippen LogP contribution in [0.3, 0.4) is 0 Å². The van der Waals surface area contributed by atoms with Crippen LogP contribution in [-0.2, 0) is 10.3 Å². The Morgan fingerprint density at radius 2 is 2.24 bits per heavy atom. The highest BCUT2D eigenvalue weighted by Crippen LogP contribution is 2.26. The fourth-order valence-corrected chi connectivity index (χ4v) is 1.87. The predicted molar refractivity (Wildman–Crippen MR) is 68.4 cm³/mol. The van der Waals surface area contributed by atoms with Gasteiger partial charge in [0.1, 0.15) is 11.4 Å². The number of halogens is 2. The van der Waals surface area contributed by atoms with Crippen molar-refractivity contribution in [2.75, 3.05) is 26.8 Å². The average molecular weight is 306 g/mol. The van der Waals surface area contributed by atoms with Gasteiger partial charge in [-0.2, -0.15) is 0 Å². The molecule has 0 aliphatic rings. The molecule has 1 rings (SSSR count). The van der Waals surface area contributed by atoms with Gasteiger partial charge in [0.05, 0.1) is 6.61 Å². The monoisotopic (exact) mass is 305 g/mol. The average Bonchev–Trinajstić information content (AvgIpc) is 2.28. The number of aliphatic hydroxyl groups is 1. The van der Waals surface area contributed by atoms with Gasteiger partial charge in [-0.25, -0.2) is 4.39 Å². The maximum Gasteiger partial charge on any atom is 0.129 e. The largest absolute Gasteiger partial charge is 0.384 e. The molecule has 5 heteroatoms. The minimum Gasteiger partial charge on any atom is -0.384 e. The summed E-state index contributed by atoms with van der Waals surface area (Å²) in [5.41, 5.74) is -0.974. The molecule has 0 amide bonds. The molecule has 2 N–H and O–H groups in total. The topological polar surface area (TPSA) is 41.5 Å². The van der Waals surface area contributed by atoms with Crippen molar-refractivity contribution < 1.29 is 14.2 Å². The van der Waals surface area contributed by atoms with Crippen molar-refractivity contribution in [3.05, 3.63) is 34.1 Å². The molecule has 0 aliphatic carbocycles. The van der Waals surface area contributed by atoms with E-state index in [2.05, 4.69) is 21.2 Å². The molecule has 1 aromatic carbocycles. The van der Waals surface area contributed by atoms with Gasteiger partial charge in [-0.05, 0) is 25.1 Å². The van der Waals surface area contributed by atoms with E-state index in [4.69, 9.17) is 4.74 Å². The van der Waals surface area contributed by atoms with Crippen molar-refractivity contribution in [3.8, 4) is 0 Å². The molecule has 0 spiro atoms. The van der Waals surface area contributed by atoms with Crippen LogP contribution >= 0.6 is 15.9 Å². The summed E-state index contributed by atoms with van der Waals surface area (Å²) in [6, 6.07) is 4.53. The second kappa shape index (κ2) is 6.44. The quantitative estimate of drug-likeness (QED) is 0.790. The standard InChI is InChI=1S/C12H17BrFNO2/c1-12(16,8-15-5-6-17-2)10-7-9(13)3-4-11(10)14/h3-4,7,15-16H,5-6,8H2,1-2H3. The van der Waals surface area contributed by atoms with Crippen molar-refractivity contribution in [1.82, 2.24) is 5.32 Å². The molecule has 17 heavy (non-hydrogen) atoms. The molecule has 0 bridgehead atoms. The summed E-state index contributed by atoms with van der Waals surface area (Å²) >= 11 is 3.26. The molecule has 1 atom stereocenters. The molecule has 0 radical (unpaired) electrons. The second-order valence-corrected chi connectivity index (χ2v) is 4.98. The van der Waals surface area contributed by atoms with Crippen molar-refractivity contribution >= 4 is 15.9 Å². The van der Waals surface area contributed by atoms with Gasteiger partial charge in [0.25, 0.3) is 0 Å². The van der Waals surface area contributed by atoms with Crippen LogP contribution in [0.5, 0.6) is 0 Å². The summed E-state index contributed by atoms with van der Waals surface area (Å²) in [4.78, 5) is 0. The summed E-state index contributed by atoms with van der Waals surface area (Å²) in [7, 11) is 1.60. The van der Waals surface area contributed by atoms with E-state index in [9.17, 15) is 9.50 Å². The van der Waals surface area contributed by atoms with Gasteiger partial charge in [0.15, 0.2) is 0 Å². The third-order valence-electron chi connectivity index (χ3n) is 2.46. The Morgan fingerprint density at radius 3 is 2.88 bits per heavy atom. The summed E-state index contributed by atoms with van der Waals surface area (Å²) in [6.45, 7) is 3.01. The summed E-state index contributed by atoms with van der Waals surface area (Å²) < 4.78 is 19.2. The zero-order chi connectivity index (χ0) is 12.9. The SMILES string of the molecule is COCCNCC(C)(O)c1cc(Br)ccc1F. The normalized spacial score (nSPS) is 14.6.